The summed E-state index contributed by atoms with van der Waals surface area (Å²) in [6.07, 6.45) is 13.9. The molecule has 0 aromatic carbocycles. The number of nitrogens with zero attached hydrogens (tertiary/aromatic N) is 3. The second kappa shape index (κ2) is 8.64. The highest BCUT2D eigenvalue weighted by Crippen LogP contribution is 2.40. The molecule has 1 N–H and O–H groups in total. The number of fused-ring (bicyclic) bond motifs is 3. The van der Waals surface area contributed by atoms with E-state index in [0.717, 1.165) is 24.3 Å². The largest absolute Gasteiger partial charge is 0.377 e. The van der Waals surface area contributed by atoms with Gasteiger partial charge in [-0.3, -0.25) is 4.90 Å². The number of ether oxygens (including phenoxy) is 1. The summed E-state index contributed by atoms with van der Waals surface area (Å²) >= 11 is 0. The molecule has 3 unspecified atom stereocenters. The summed E-state index contributed by atoms with van der Waals surface area (Å²) in [6, 6.07) is 5.08. The molecule has 5 rings (SSSR count). The van der Waals surface area contributed by atoms with Crippen LogP contribution in [-0.4, -0.2) is 51.7 Å². The SMILES string of the molecule is CC(C)COC1CCCN(C2CCCC(c3cc[nH]c4cnc5nccc5c34)C2)C1. The predicted octanol–water partition coefficient (Wildman–Crippen LogP) is 5.27. The molecule has 0 amide bonds. The van der Waals surface area contributed by atoms with Crippen molar-refractivity contribution >= 4 is 21.9 Å². The molecule has 1 saturated carbocycles. The standard InChI is InChI=1S/C25H34N4O/c1-17(2)16-30-20-7-4-12-29(15-20)19-6-3-5-18(13-19)21-8-10-26-23-14-28-25-22(24(21)23)9-11-27-25/h8-11,14,17-20,26H,3-7,12-13,15-16H2,1-2H3. The summed E-state index contributed by atoms with van der Waals surface area (Å²) < 4.78 is 6.21. The Balaban J connectivity index is 1.36. The Labute approximate surface area is 179 Å². The lowest BCUT2D eigenvalue weighted by Gasteiger charge is -2.42. The number of aromatic nitrogens is 3. The van der Waals surface area contributed by atoms with Crippen molar-refractivity contribution in [1.82, 2.24) is 19.9 Å². The molecule has 3 aromatic rings. The van der Waals surface area contributed by atoms with Crippen LogP contribution < -0.4 is 0 Å². The number of rotatable bonds is 5. The maximum absolute atomic E-state index is 6.21. The van der Waals surface area contributed by atoms with Crippen molar-refractivity contribution in [3.63, 3.8) is 0 Å². The molecule has 5 nitrogen and oxygen atoms in total. The van der Waals surface area contributed by atoms with Gasteiger partial charge in [-0.05, 0) is 68.2 Å². The number of nitrogens with one attached hydrogen (secondary N) is 1. The third-order valence-corrected chi connectivity index (χ3v) is 7.00. The quantitative estimate of drug-likeness (QED) is 0.627. The van der Waals surface area contributed by atoms with Gasteiger partial charge in [-0.2, -0.15) is 0 Å². The van der Waals surface area contributed by atoms with Crippen molar-refractivity contribution in [2.75, 3.05) is 19.7 Å². The van der Waals surface area contributed by atoms with Crippen molar-refractivity contribution in [3.05, 3.63) is 36.3 Å². The van der Waals surface area contributed by atoms with Crippen LogP contribution in [0.3, 0.4) is 0 Å². The number of piperidine rings is 1. The van der Waals surface area contributed by atoms with Crippen LogP contribution in [-0.2, 0) is 4.74 Å². The lowest BCUT2D eigenvalue weighted by molar-refractivity contribution is -0.0276. The van der Waals surface area contributed by atoms with E-state index in [2.05, 4.69) is 52.0 Å². The Morgan fingerprint density at radius 2 is 2.10 bits per heavy atom. The zero-order valence-electron chi connectivity index (χ0n) is 18.3. The van der Waals surface area contributed by atoms with Gasteiger partial charge < -0.3 is 9.72 Å². The minimum Gasteiger partial charge on any atom is -0.377 e. The van der Waals surface area contributed by atoms with Crippen LogP contribution >= 0.6 is 0 Å². The maximum atomic E-state index is 6.21. The van der Waals surface area contributed by atoms with Gasteiger partial charge in [-0.25, -0.2) is 9.97 Å². The molecule has 0 bridgehead atoms. The van der Waals surface area contributed by atoms with E-state index in [1.165, 1.54) is 61.4 Å². The van der Waals surface area contributed by atoms with Crippen LogP contribution in [0.25, 0.3) is 21.9 Å². The summed E-state index contributed by atoms with van der Waals surface area (Å²) in [6.45, 7) is 7.69. The van der Waals surface area contributed by atoms with Crippen molar-refractivity contribution in [2.24, 2.45) is 5.92 Å². The first-order chi connectivity index (χ1) is 14.7. The first-order valence-electron chi connectivity index (χ1n) is 11.8. The first kappa shape index (κ1) is 20.0. The third-order valence-electron chi connectivity index (χ3n) is 7.00. The van der Waals surface area contributed by atoms with Crippen molar-refractivity contribution in [1.29, 1.82) is 0 Å². The molecule has 1 saturated heterocycles. The molecule has 2 aliphatic rings. The normalized spacial score (nSPS) is 26.0. The Hall–Kier alpha value is -1.98. The lowest BCUT2D eigenvalue weighted by atomic mass is 9.79. The summed E-state index contributed by atoms with van der Waals surface area (Å²) in [5.74, 6) is 1.21. The van der Waals surface area contributed by atoms with Crippen LogP contribution in [0.1, 0.15) is 63.9 Å². The van der Waals surface area contributed by atoms with Crippen molar-refractivity contribution < 1.29 is 4.74 Å². The second-order valence-corrected chi connectivity index (χ2v) is 9.67. The Bertz CT molecular complexity index is 997. The van der Waals surface area contributed by atoms with Gasteiger partial charge in [0, 0.05) is 42.4 Å². The van der Waals surface area contributed by atoms with E-state index in [9.17, 15) is 0 Å². The minimum absolute atomic E-state index is 0.412. The summed E-state index contributed by atoms with van der Waals surface area (Å²) in [5, 5.41) is 2.50. The van der Waals surface area contributed by atoms with E-state index in [1.54, 1.807) is 0 Å². The van der Waals surface area contributed by atoms with E-state index in [4.69, 9.17) is 4.74 Å². The van der Waals surface area contributed by atoms with Gasteiger partial charge in [0.2, 0.25) is 0 Å². The number of likely N-dealkylation sites (tertiary alicyclic amines) is 1. The molecule has 4 heterocycles. The molecule has 0 spiro atoms. The van der Waals surface area contributed by atoms with Gasteiger partial charge in [0.05, 0.1) is 17.8 Å². The second-order valence-electron chi connectivity index (χ2n) is 9.67. The molecule has 160 valence electrons. The first-order valence-corrected chi connectivity index (χ1v) is 11.8. The molecule has 3 aromatic heterocycles. The fraction of sp³-hybridized carbons (Fsp3) is 0.600. The monoisotopic (exact) mass is 406 g/mol. The smallest absolute Gasteiger partial charge is 0.159 e. The van der Waals surface area contributed by atoms with E-state index >= 15 is 0 Å². The average Bonchev–Trinajstić information content (AvgIpc) is 3.27. The minimum atomic E-state index is 0.412. The third kappa shape index (κ3) is 3.97. The lowest BCUT2D eigenvalue weighted by Crippen LogP contribution is -2.47. The number of H-pyrrole nitrogens is 1. The highest BCUT2D eigenvalue weighted by atomic mass is 16.5. The van der Waals surface area contributed by atoms with E-state index < -0.39 is 0 Å². The van der Waals surface area contributed by atoms with E-state index in [1.807, 2.05) is 12.4 Å². The molecule has 5 heteroatoms. The van der Waals surface area contributed by atoms with Gasteiger partial charge in [-0.1, -0.05) is 20.3 Å². The topological polar surface area (TPSA) is 54.0 Å². The molecule has 1 aliphatic heterocycles. The fourth-order valence-corrected chi connectivity index (χ4v) is 5.57. The molecule has 0 radical (unpaired) electrons. The fourth-order valence-electron chi connectivity index (χ4n) is 5.57. The Morgan fingerprint density at radius 3 is 3.00 bits per heavy atom. The summed E-state index contributed by atoms with van der Waals surface area (Å²) in [7, 11) is 0. The molecular weight excluding hydrogens is 372 g/mol. The van der Waals surface area contributed by atoms with Gasteiger partial charge in [-0.15, -0.1) is 0 Å². The average molecular weight is 407 g/mol. The van der Waals surface area contributed by atoms with Crippen LogP contribution in [0, 0.1) is 5.92 Å². The Morgan fingerprint density at radius 1 is 1.17 bits per heavy atom. The number of hydrogen-bond acceptors (Lipinski definition) is 4. The molecule has 3 atom stereocenters. The highest BCUT2D eigenvalue weighted by molar-refractivity contribution is 6.05. The van der Waals surface area contributed by atoms with Crippen LogP contribution in [0.2, 0.25) is 0 Å². The van der Waals surface area contributed by atoms with Crippen LogP contribution in [0.5, 0.6) is 0 Å². The van der Waals surface area contributed by atoms with Crippen LogP contribution in [0.15, 0.2) is 30.7 Å². The summed E-state index contributed by atoms with van der Waals surface area (Å²) in [4.78, 5) is 15.1. The molecule has 1 aliphatic carbocycles. The van der Waals surface area contributed by atoms with Crippen molar-refractivity contribution in [3.8, 4) is 0 Å². The highest BCUT2D eigenvalue weighted by Gasteiger charge is 2.32. The van der Waals surface area contributed by atoms with E-state index in [-0.39, 0.29) is 0 Å². The van der Waals surface area contributed by atoms with Gasteiger partial charge >= 0.3 is 0 Å². The van der Waals surface area contributed by atoms with Gasteiger partial charge in [0.1, 0.15) is 0 Å². The summed E-state index contributed by atoms with van der Waals surface area (Å²) in [5.41, 5.74) is 3.45. The molecule has 30 heavy (non-hydrogen) atoms. The van der Waals surface area contributed by atoms with Crippen molar-refractivity contribution in [2.45, 2.75) is 70.4 Å². The van der Waals surface area contributed by atoms with Gasteiger partial charge in [0.25, 0.3) is 0 Å². The predicted molar refractivity (Wildman–Crippen MR) is 122 cm³/mol. The van der Waals surface area contributed by atoms with E-state index in [0.29, 0.717) is 24.0 Å². The number of aromatic amines is 1. The molecular formula is C25H34N4O. The Kier molecular flexibility index (Phi) is 5.74. The molecule has 2 fully saturated rings. The zero-order valence-corrected chi connectivity index (χ0v) is 18.3. The number of hydrogen-bond donors (Lipinski definition) is 1. The van der Waals surface area contributed by atoms with Crippen LogP contribution in [0.4, 0.5) is 0 Å². The van der Waals surface area contributed by atoms with Gasteiger partial charge in [0.15, 0.2) is 5.65 Å². The zero-order chi connectivity index (χ0) is 20.5. The number of pyridine rings is 2. The maximum Gasteiger partial charge on any atom is 0.159 e.